The van der Waals surface area contributed by atoms with Gasteiger partial charge in [0.25, 0.3) is 0 Å². The number of halogens is 3. The van der Waals surface area contributed by atoms with Crippen LogP contribution in [-0.4, -0.2) is 18.0 Å². The van der Waals surface area contributed by atoms with Crippen LogP contribution >= 0.6 is 11.9 Å². The van der Waals surface area contributed by atoms with Crippen LogP contribution < -0.4 is 4.72 Å². The second-order valence-electron chi connectivity index (χ2n) is 6.44. The third kappa shape index (κ3) is 5.04. The normalized spacial score (nSPS) is 14.8. The second-order valence-corrected chi connectivity index (χ2v) is 7.54. The lowest BCUT2D eigenvalue weighted by Gasteiger charge is -2.27. The lowest BCUT2D eigenvalue weighted by Crippen LogP contribution is -2.40. The van der Waals surface area contributed by atoms with Gasteiger partial charge in [-0.05, 0) is 30.4 Å². The Kier molecular flexibility index (Phi) is 8.04. The van der Waals surface area contributed by atoms with E-state index >= 15 is 4.39 Å². The minimum Gasteiger partial charge on any atom is -0.258 e. The van der Waals surface area contributed by atoms with Crippen LogP contribution in [0.2, 0.25) is 0 Å². The van der Waals surface area contributed by atoms with Crippen LogP contribution in [-0.2, 0) is 6.42 Å². The van der Waals surface area contributed by atoms with E-state index in [1.54, 1.807) is 36.4 Å². The zero-order valence-corrected chi connectivity index (χ0v) is 16.3. The van der Waals surface area contributed by atoms with Crippen molar-refractivity contribution in [2.75, 3.05) is 5.75 Å². The van der Waals surface area contributed by atoms with Crippen molar-refractivity contribution in [1.82, 2.24) is 4.72 Å². The summed E-state index contributed by atoms with van der Waals surface area (Å²) in [5.41, 5.74) is 0.968. The standard InChI is InChI=1S/C21H26F3NS/c1-4-18(22)21(25-26-5-2)14(3)13-15-9-8-11-17(20(15)24)16-10-6-7-12-19(16)23/h6-12,14,18,21,25H,4-5,13H2,1-3H3. The van der Waals surface area contributed by atoms with Gasteiger partial charge in [-0.25, -0.2) is 13.2 Å². The molecule has 0 saturated carbocycles. The molecule has 0 aliphatic carbocycles. The molecule has 0 amide bonds. The van der Waals surface area contributed by atoms with E-state index in [2.05, 4.69) is 4.72 Å². The van der Waals surface area contributed by atoms with E-state index in [1.165, 1.54) is 18.0 Å². The molecule has 0 heterocycles. The molecule has 0 fully saturated rings. The zero-order chi connectivity index (χ0) is 19.1. The first kappa shape index (κ1) is 20.8. The van der Waals surface area contributed by atoms with E-state index < -0.39 is 17.8 Å². The van der Waals surface area contributed by atoms with Crippen LogP contribution in [0.4, 0.5) is 13.2 Å². The van der Waals surface area contributed by atoms with Gasteiger partial charge in [-0.1, -0.05) is 69.1 Å². The SMILES string of the molecule is CCSNC(C(C)Cc1cccc(-c2ccccc2F)c1F)C(F)CC. The molecule has 0 aliphatic heterocycles. The van der Waals surface area contributed by atoms with Gasteiger partial charge < -0.3 is 0 Å². The van der Waals surface area contributed by atoms with Gasteiger partial charge in [-0.2, -0.15) is 0 Å². The molecule has 3 atom stereocenters. The predicted octanol–water partition coefficient (Wildman–Crippen LogP) is 6.18. The molecule has 2 aromatic carbocycles. The van der Waals surface area contributed by atoms with Crippen LogP contribution in [0.3, 0.4) is 0 Å². The Balaban J connectivity index is 2.26. The number of alkyl halides is 1. The first-order valence-electron chi connectivity index (χ1n) is 9.03. The Labute approximate surface area is 158 Å². The molecule has 5 heteroatoms. The van der Waals surface area contributed by atoms with E-state index in [0.29, 0.717) is 18.4 Å². The highest BCUT2D eigenvalue weighted by molar-refractivity contribution is 7.97. The molecule has 26 heavy (non-hydrogen) atoms. The zero-order valence-electron chi connectivity index (χ0n) is 15.4. The van der Waals surface area contributed by atoms with Crippen molar-refractivity contribution in [3.05, 3.63) is 59.7 Å². The Morgan fingerprint density at radius 2 is 1.69 bits per heavy atom. The van der Waals surface area contributed by atoms with Crippen molar-refractivity contribution in [2.24, 2.45) is 5.92 Å². The number of hydrogen-bond donors (Lipinski definition) is 1. The van der Waals surface area contributed by atoms with E-state index in [1.807, 2.05) is 20.8 Å². The monoisotopic (exact) mass is 381 g/mol. The largest absolute Gasteiger partial charge is 0.258 e. The Morgan fingerprint density at radius 1 is 1.00 bits per heavy atom. The maximum atomic E-state index is 15.0. The quantitative estimate of drug-likeness (QED) is 0.520. The van der Waals surface area contributed by atoms with Crippen molar-refractivity contribution >= 4 is 11.9 Å². The van der Waals surface area contributed by atoms with Crippen LogP contribution in [0.15, 0.2) is 42.5 Å². The van der Waals surface area contributed by atoms with E-state index in [0.717, 1.165) is 5.75 Å². The van der Waals surface area contributed by atoms with Crippen LogP contribution in [0.5, 0.6) is 0 Å². The molecule has 0 saturated heterocycles. The molecular weight excluding hydrogens is 355 g/mol. The second kappa shape index (κ2) is 10.0. The highest BCUT2D eigenvalue weighted by Crippen LogP contribution is 2.29. The molecular formula is C21H26F3NS. The Bertz CT molecular complexity index is 707. The Hall–Kier alpha value is -1.46. The average Bonchev–Trinajstić information content (AvgIpc) is 2.64. The first-order chi connectivity index (χ1) is 12.5. The van der Waals surface area contributed by atoms with E-state index in [4.69, 9.17) is 0 Å². The fourth-order valence-electron chi connectivity index (χ4n) is 3.08. The fourth-order valence-corrected chi connectivity index (χ4v) is 3.82. The van der Waals surface area contributed by atoms with E-state index in [-0.39, 0.29) is 23.1 Å². The summed E-state index contributed by atoms with van der Waals surface area (Å²) < 4.78 is 46.6. The molecule has 0 spiro atoms. The smallest absolute Gasteiger partial charge is 0.134 e. The van der Waals surface area contributed by atoms with Gasteiger partial charge >= 0.3 is 0 Å². The van der Waals surface area contributed by atoms with E-state index in [9.17, 15) is 8.78 Å². The molecule has 142 valence electrons. The summed E-state index contributed by atoms with van der Waals surface area (Å²) in [4.78, 5) is 0. The van der Waals surface area contributed by atoms with Gasteiger partial charge in [-0.3, -0.25) is 4.72 Å². The fraction of sp³-hybridized carbons (Fsp3) is 0.429. The van der Waals surface area contributed by atoms with Gasteiger partial charge in [0.05, 0.1) is 6.04 Å². The van der Waals surface area contributed by atoms with Gasteiger partial charge in [-0.15, -0.1) is 0 Å². The summed E-state index contributed by atoms with van der Waals surface area (Å²) >= 11 is 1.47. The number of rotatable bonds is 9. The van der Waals surface area contributed by atoms with Crippen LogP contribution in [0, 0.1) is 17.6 Å². The molecule has 3 unspecified atom stereocenters. The van der Waals surface area contributed by atoms with Gasteiger partial charge in [0.15, 0.2) is 0 Å². The molecule has 2 rings (SSSR count). The van der Waals surface area contributed by atoms with Crippen molar-refractivity contribution in [3.63, 3.8) is 0 Å². The van der Waals surface area contributed by atoms with Crippen molar-refractivity contribution in [2.45, 2.75) is 45.8 Å². The van der Waals surface area contributed by atoms with Gasteiger partial charge in [0.2, 0.25) is 0 Å². The highest BCUT2D eigenvalue weighted by Gasteiger charge is 2.26. The molecule has 2 aromatic rings. The van der Waals surface area contributed by atoms with Gasteiger partial charge in [0.1, 0.15) is 17.8 Å². The third-order valence-corrected chi connectivity index (χ3v) is 5.27. The summed E-state index contributed by atoms with van der Waals surface area (Å²) in [6.07, 6.45) is -0.206. The summed E-state index contributed by atoms with van der Waals surface area (Å²) in [5, 5.41) is 0. The van der Waals surface area contributed by atoms with Crippen molar-refractivity contribution in [3.8, 4) is 11.1 Å². The van der Waals surface area contributed by atoms with Gasteiger partial charge in [0, 0.05) is 16.9 Å². The summed E-state index contributed by atoms with van der Waals surface area (Å²) in [5.74, 6) is -0.158. The molecule has 1 N–H and O–H groups in total. The number of benzene rings is 2. The van der Waals surface area contributed by atoms with Crippen molar-refractivity contribution < 1.29 is 13.2 Å². The lowest BCUT2D eigenvalue weighted by atomic mass is 9.89. The molecule has 0 aromatic heterocycles. The molecule has 0 aliphatic rings. The summed E-state index contributed by atoms with van der Waals surface area (Å²) in [6.45, 7) is 5.73. The lowest BCUT2D eigenvalue weighted by molar-refractivity contribution is 0.216. The average molecular weight is 382 g/mol. The molecule has 1 nitrogen and oxygen atoms in total. The van der Waals surface area contributed by atoms with Crippen molar-refractivity contribution in [1.29, 1.82) is 0 Å². The number of hydrogen-bond acceptors (Lipinski definition) is 2. The summed E-state index contributed by atoms with van der Waals surface area (Å²) in [7, 11) is 0. The topological polar surface area (TPSA) is 12.0 Å². The molecule has 0 radical (unpaired) electrons. The summed E-state index contributed by atoms with van der Waals surface area (Å²) in [6, 6.07) is 10.8. The maximum absolute atomic E-state index is 15.0. The highest BCUT2D eigenvalue weighted by atomic mass is 32.2. The van der Waals surface area contributed by atoms with Crippen LogP contribution in [0.1, 0.15) is 32.8 Å². The minimum atomic E-state index is -0.998. The third-order valence-electron chi connectivity index (χ3n) is 4.54. The first-order valence-corrected chi connectivity index (χ1v) is 10.0. The minimum absolute atomic E-state index is 0.102. The van der Waals surface area contributed by atoms with Crippen LogP contribution in [0.25, 0.3) is 11.1 Å². The predicted molar refractivity (Wildman–Crippen MR) is 105 cm³/mol. The molecule has 0 bridgehead atoms. The number of nitrogens with one attached hydrogen (secondary N) is 1. The Morgan fingerprint density at radius 3 is 2.35 bits per heavy atom. The maximum Gasteiger partial charge on any atom is 0.134 e.